The zero-order valence-corrected chi connectivity index (χ0v) is 28.6. The number of hydrogen-bond donors (Lipinski definition) is 0. The van der Waals surface area contributed by atoms with Gasteiger partial charge in [-0.1, -0.05) is 141 Å². The number of hydrogen-bond acceptors (Lipinski definition) is 2. The van der Waals surface area contributed by atoms with Crippen molar-refractivity contribution in [3.63, 3.8) is 0 Å². The van der Waals surface area contributed by atoms with E-state index >= 15 is 0 Å². The highest BCUT2D eigenvalue weighted by molar-refractivity contribution is 6.13. The molecular weight excluding hydrogens is 619 g/mol. The Labute approximate surface area is 297 Å². The number of fused-ring (bicyclic) bond motifs is 7. The quantitative estimate of drug-likeness (QED) is 0.184. The maximum Gasteiger partial charge on any atom is 0.143 e. The minimum atomic E-state index is -0.0471. The highest BCUT2D eigenvalue weighted by Gasteiger charge is 2.35. The summed E-state index contributed by atoms with van der Waals surface area (Å²) in [6.45, 7) is 4.67. The van der Waals surface area contributed by atoms with E-state index in [0.717, 1.165) is 50.1 Å². The summed E-state index contributed by atoms with van der Waals surface area (Å²) in [5.41, 5.74) is 15.1. The van der Waals surface area contributed by atoms with Crippen LogP contribution in [0.1, 0.15) is 25.0 Å². The molecule has 9 aromatic rings. The molecule has 0 amide bonds. The van der Waals surface area contributed by atoms with E-state index in [1.807, 2.05) is 0 Å². The standard InChI is InChI=1S/C49H35NO/c1-49(2)45-21-9-8-18-41(45)43-31-39(26-27-46(43)49)50(38-17-10-16-34(28-38)32-12-4-3-5-13-32)37-24-22-33(23-25-37)40-19-11-20-42-44-29-35-14-6-7-15-36(35)30-47(44)51-48(40)42/h3-31H,1-2H3. The summed E-state index contributed by atoms with van der Waals surface area (Å²) in [7, 11) is 0. The van der Waals surface area contributed by atoms with E-state index in [1.54, 1.807) is 0 Å². The summed E-state index contributed by atoms with van der Waals surface area (Å²) in [4.78, 5) is 2.39. The Morgan fingerprint density at radius 1 is 0.412 bits per heavy atom. The number of anilines is 3. The van der Waals surface area contributed by atoms with Crippen LogP contribution in [0, 0.1) is 0 Å². The summed E-state index contributed by atoms with van der Waals surface area (Å²) >= 11 is 0. The molecule has 0 bridgehead atoms. The molecule has 1 aromatic heterocycles. The van der Waals surface area contributed by atoms with Crippen LogP contribution in [0.3, 0.4) is 0 Å². The van der Waals surface area contributed by atoms with Crippen molar-refractivity contribution in [2.75, 3.05) is 4.90 Å². The SMILES string of the molecule is CC1(C)c2ccccc2-c2cc(N(c3ccc(-c4cccc5c4oc4cc6ccccc6cc45)cc3)c3cccc(-c4ccccc4)c3)ccc21. The maximum absolute atomic E-state index is 6.60. The average Bonchev–Trinajstić information content (AvgIpc) is 3.66. The first-order chi connectivity index (χ1) is 25.0. The summed E-state index contributed by atoms with van der Waals surface area (Å²) < 4.78 is 6.60. The van der Waals surface area contributed by atoms with Gasteiger partial charge in [0, 0.05) is 38.8 Å². The molecule has 1 aliphatic rings. The molecule has 0 spiro atoms. The normalized spacial score (nSPS) is 13.1. The van der Waals surface area contributed by atoms with E-state index in [1.165, 1.54) is 44.2 Å². The number of benzene rings is 8. The van der Waals surface area contributed by atoms with E-state index in [0.29, 0.717) is 0 Å². The van der Waals surface area contributed by atoms with Crippen LogP contribution in [0.15, 0.2) is 180 Å². The van der Waals surface area contributed by atoms with Crippen molar-refractivity contribution < 1.29 is 4.42 Å². The number of rotatable bonds is 5. The predicted octanol–water partition coefficient (Wildman–Crippen LogP) is 13.8. The lowest BCUT2D eigenvalue weighted by Gasteiger charge is -2.27. The van der Waals surface area contributed by atoms with Gasteiger partial charge < -0.3 is 9.32 Å². The lowest BCUT2D eigenvalue weighted by Crippen LogP contribution is -2.15. The van der Waals surface area contributed by atoms with Crippen LogP contribution >= 0.6 is 0 Å². The Morgan fingerprint density at radius 3 is 1.90 bits per heavy atom. The Morgan fingerprint density at radius 2 is 1.06 bits per heavy atom. The van der Waals surface area contributed by atoms with E-state index in [2.05, 4.69) is 195 Å². The lowest BCUT2D eigenvalue weighted by molar-refractivity contribution is 0.660. The van der Waals surface area contributed by atoms with Gasteiger partial charge in [0.25, 0.3) is 0 Å². The fraction of sp³-hybridized carbons (Fsp3) is 0.0612. The van der Waals surface area contributed by atoms with Gasteiger partial charge in [0.05, 0.1) is 0 Å². The highest BCUT2D eigenvalue weighted by atomic mass is 16.3. The van der Waals surface area contributed by atoms with Crippen molar-refractivity contribution in [1.29, 1.82) is 0 Å². The second-order valence-electron chi connectivity index (χ2n) is 14.2. The van der Waals surface area contributed by atoms with Crippen LogP contribution < -0.4 is 4.90 Å². The van der Waals surface area contributed by atoms with Gasteiger partial charge >= 0.3 is 0 Å². The van der Waals surface area contributed by atoms with Crippen LogP contribution in [-0.4, -0.2) is 0 Å². The third-order valence-corrected chi connectivity index (χ3v) is 10.8. The van der Waals surface area contributed by atoms with Crippen molar-refractivity contribution in [3.8, 4) is 33.4 Å². The van der Waals surface area contributed by atoms with Crippen molar-refractivity contribution in [1.82, 2.24) is 0 Å². The van der Waals surface area contributed by atoms with Gasteiger partial charge in [-0.3, -0.25) is 0 Å². The molecule has 0 atom stereocenters. The van der Waals surface area contributed by atoms with Crippen molar-refractivity contribution >= 4 is 49.8 Å². The second-order valence-corrected chi connectivity index (χ2v) is 14.2. The van der Waals surface area contributed by atoms with Crippen molar-refractivity contribution in [2.45, 2.75) is 19.3 Å². The zero-order chi connectivity index (χ0) is 34.1. The fourth-order valence-corrected chi connectivity index (χ4v) is 8.25. The molecule has 0 N–H and O–H groups in total. The van der Waals surface area contributed by atoms with Crippen molar-refractivity contribution in [3.05, 3.63) is 187 Å². The largest absolute Gasteiger partial charge is 0.455 e. The molecule has 51 heavy (non-hydrogen) atoms. The smallest absolute Gasteiger partial charge is 0.143 e. The number of para-hydroxylation sites is 1. The van der Waals surface area contributed by atoms with Gasteiger partial charge in [-0.05, 0) is 98.2 Å². The molecule has 0 radical (unpaired) electrons. The maximum atomic E-state index is 6.60. The van der Waals surface area contributed by atoms with Gasteiger partial charge in [-0.2, -0.15) is 0 Å². The molecule has 2 heteroatoms. The highest BCUT2D eigenvalue weighted by Crippen LogP contribution is 2.51. The Kier molecular flexibility index (Phi) is 6.56. The van der Waals surface area contributed by atoms with Crippen LogP contribution in [0.25, 0.3) is 66.1 Å². The number of nitrogens with zero attached hydrogens (tertiary/aromatic N) is 1. The predicted molar refractivity (Wildman–Crippen MR) is 214 cm³/mol. The minimum absolute atomic E-state index is 0.0471. The van der Waals surface area contributed by atoms with E-state index in [-0.39, 0.29) is 5.41 Å². The Hall–Kier alpha value is -6.38. The molecule has 0 saturated heterocycles. The van der Waals surface area contributed by atoms with Crippen molar-refractivity contribution in [2.24, 2.45) is 0 Å². The Bertz CT molecular complexity index is 2770. The molecular formula is C49H35NO. The minimum Gasteiger partial charge on any atom is -0.455 e. The van der Waals surface area contributed by atoms with Crippen LogP contribution in [0.5, 0.6) is 0 Å². The number of furan rings is 1. The molecule has 242 valence electrons. The van der Waals surface area contributed by atoms with Crippen LogP contribution in [0.4, 0.5) is 17.1 Å². The van der Waals surface area contributed by atoms with E-state index in [4.69, 9.17) is 4.42 Å². The topological polar surface area (TPSA) is 16.4 Å². The van der Waals surface area contributed by atoms with E-state index < -0.39 is 0 Å². The molecule has 10 rings (SSSR count). The third kappa shape index (κ3) is 4.71. The molecule has 1 heterocycles. The first-order valence-corrected chi connectivity index (χ1v) is 17.7. The fourth-order valence-electron chi connectivity index (χ4n) is 8.25. The first-order valence-electron chi connectivity index (χ1n) is 17.7. The van der Waals surface area contributed by atoms with Crippen LogP contribution in [0.2, 0.25) is 0 Å². The molecule has 0 fully saturated rings. The van der Waals surface area contributed by atoms with Gasteiger partial charge in [0.15, 0.2) is 0 Å². The molecule has 0 saturated carbocycles. The summed E-state index contributed by atoms with van der Waals surface area (Å²) in [6, 6.07) is 63.6. The molecule has 0 unspecified atom stereocenters. The molecule has 0 aliphatic heterocycles. The van der Waals surface area contributed by atoms with Gasteiger partial charge in [-0.25, -0.2) is 0 Å². The van der Waals surface area contributed by atoms with Gasteiger partial charge in [0.2, 0.25) is 0 Å². The van der Waals surface area contributed by atoms with Gasteiger partial charge in [0.1, 0.15) is 11.2 Å². The average molecular weight is 654 g/mol. The molecule has 1 aliphatic carbocycles. The Balaban J connectivity index is 1.11. The third-order valence-electron chi connectivity index (χ3n) is 10.8. The first kappa shape index (κ1) is 29.5. The summed E-state index contributed by atoms with van der Waals surface area (Å²) in [5, 5.41) is 4.69. The molecule has 2 nitrogen and oxygen atoms in total. The van der Waals surface area contributed by atoms with Gasteiger partial charge in [-0.15, -0.1) is 0 Å². The summed E-state index contributed by atoms with van der Waals surface area (Å²) in [5.74, 6) is 0. The lowest BCUT2D eigenvalue weighted by atomic mass is 9.82. The van der Waals surface area contributed by atoms with E-state index in [9.17, 15) is 0 Å². The second kappa shape index (κ2) is 11.3. The zero-order valence-electron chi connectivity index (χ0n) is 28.6. The summed E-state index contributed by atoms with van der Waals surface area (Å²) in [6.07, 6.45) is 0. The monoisotopic (exact) mass is 653 g/mol. The molecule has 8 aromatic carbocycles. The van der Waals surface area contributed by atoms with Crippen LogP contribution in [-0.2, 0) is 5.41 Å².